The number of aliphatic hydroxyl groups excluding tert-OH is 1. The summed E-state index contributed by atoms with van der Waals surface area (Å²) in [5, 5.41) is 12.7. The van der Waals surface area contributed by atoms with Crippen molar-refractivity contribution in [2.45, 2.75) is 23.5 Å². The largest absolute Gasteiger partial charge is 0.497 e. The van der Waals surface area contributed by atoms with Crippen molar-refractivity contribution in [1.29, 1.82) is 0 Å². The number of fused-ring (bicyclic) bond motifs is 1. The third kappa shape index (κ3) is 6.19. The van der Waals surface area contributed by atoms with Gasteiger partial charge in [0.1, 0.15) is 5.75 Å². The van der Waals surface area contributed by atoms with Gasteiger partial charge < -0.3 is 24.2 Å². The maximum atomic E-state index is 13.2. The van der Waals surface area contributed by atoms with Crippen LogP contribution in [0.15, 0.2) is 70.6 Å². The van der Waals surface area contributed by atoms with Gasteiger partial charge in [-0.1, -0.05) is 18.2 Å². The molecule has 1 aromatic heterocycles. The summed E-state index contributed by atoms with van der Waals surface area (Å²) < 4.78 is 45.7. The highest BCUT2D eigenvalue weighted by Crippen LogP contribution is 2.38. The standard InChI is InChI=1S/C27H32N2O7S2/c1-28(2)27(31)24-16-19(23-18-37-25-7-5-4-6-22(23)25)17-26(36-24)35-15-13-29(12-14-30)38(32,33)21-10-8-20(34-3)9-11-21/h4-11,16,18-19,26,30H,12-15,17H2,1-3H3/t19-,26+/m1/s1. The number of allylic oxidation sites excluding steroid dienone is 1. The number of methoxy groups -OCH3 is 1. The highest BCUT2D eigenvalue weighted by molar-refractivity contribution is 7.89. The smallest absolute Gasteiger partial charge is 0.288 e. The number of hydrogen-bond donors (Lipinski definition) is 1. The van der Waals surface area contributed by atoms with Gasteiger partial charge >= 0.3 is 0 Å². The number of thiophene rings is 1. The van der Waals surface area contributed by atoms with Gasteiger partial charge in [0.25, 0.3) is 5.91 Å². The molecule has 204 valence electrons. The summed E-state index contributed by atoms with van der Waals surface area (Å²) in [5.74, 6) is 0.358. The van der Waals surface area contributed by atoms with E-state index in [4.69, 9.17) is 14.2 Å². The van der Waals surface area contributed by atoms with E-state index in [-0.39, 0.29) is 48.8 Å². The van der Waals surface area contributed by atoms with Crippen LogP contribution in [0, 0.1) is 0 Å². The Hall–Kier alpha value is -2.96. The molecule has 1 aliphatic rings. The summed E-state index contributed by atoms with van der Waals surface area (Å²) >= 11 is 1.64. The Balaban J connectivity index is 1.49. The van der Waals surface area contributed by atoms with Gasteiger partial charge in [-0.15, -0.1) is 11.3 Å². The van der Waals surface area contributed by atoms with Gasteiger partial charge in [-0.2, -0.15) is 4.31 Å². The number of ether oxygens (including phenoxy) is 3. The molecule has 0 radical (unpaired) electrons. The van der Waals surface area contributed by atoms with Crippen LogP contribution in [0.4, 0.5) is 0 Å². The topological polar surface area (TPSA) is 106 Å². The third-order valence-corrected chi connectivity index (χ3v) is 9.17. The minimum absolute atomic E-state index is 0.00149. The first-order valence-electron chi connectivity index (χ1n) is 12.2. The van der Waals surface area contributed by atoms with E-state index in [0.29, 0.717) is 12.2 Å². The number of benzene rings is 2. The number of carbonyl (C=O) groups excluding carboxylic acids is 1. The lowest BCUT2D eigenvalue weighted by Gasteiger charge is -2.30. The number of sulfonamides is 1. The molecule has 0 spiro atoms. The second-order valence-electron chi connectivity index (χ2n) is 8.98. The molecule has 0 bridgehead atoms. The fourth-order valence-corrected chi connectivity index (χ4v) is 6.72. The first-order chi connectivity index (χ1) is 18.2. The Kier molecular flexibility index (Phi) is 9.06. The van der Waals surface area contributed by atoms with Crippen LogP contribution in [0.25, 0.3) is 10.1 Å². The van der Waals surface area contributed by atoms with Crippen LogP contribution in [-0.2, 0) is 24.3 Å². The molecular formula is C27H32N2O7S2. The summed E-state index contributed by atoms with van der Waals surface area (Å²) in [6, 6.07) is 14.2. The van der Waals surface area contributed by atoms with Crippen LogP contribution >= 0.6 is 11.3 Å². The van der Waals surface area contributed by atoms with E-state index < -0.39 is 16.3 Å². The average Bonchev–Trinajstić information content (AvgIpc) is 3.36. The first-order valence-corrected chi connectivity index (χ1v) is 14.5. The number of rotatable bonds is 11. The van der Waals surface area contributed by atoms with Gasteiger partial charge in [0.2, 0.25) is 16.3 Å². The van der Waals surface area contributed by atoms with E-state index in [1.165, 1.54) is 28.4 Å². The molecule has 2 aromatic carbocycles. The van der Waals surface area contributed by atoms with Crippen molar-refractivity contribution in [3.8, 4) is 5.75 Å². The maximum Gasteiger partial charge on any atom is 0.288 e. The molecule has 0 aliphatic carbocycles. The predicted molar refractivity (Wildman–Crippen MR) is 146 cm³/mol. The van der Waals surface area contributed by atoms with Crippen molar-refractivity contribution in [3.05, 3.63) is 71.3 Å². The molecule has 0 saturated heterocycles. The van der Waals surface area contributed by atoms with Crippen LogP contribution in [-0.4, -0.2) is 82.4 Å². The number of carbonyl (C=O) groups is 1. The van der Waals surface area contributed by atoms with Gasteiger partial charge in [-0.3, -0.25) is 4.79 Å². The zero-order valence-electron chi connectivity index (χ0n) is 21.6. The number of amides is 1. The van der Waals surface area contributed by atoms with Gasteiger partial charge in [-0.05, 0) is 52.7 Å². The molecular weight excluding hydrogens is 528 g/mol. The Morgan fingerprint density at radius 2 is 1.87 bits per heavy atom. The number of nitrogens with zero attached hydrogens (tertiary/aromatic N) is 2. The summed E-state index contributed by atoms with van der Waals surface area (Å²) in [4.78, 5) is 14.3. The second-order valence-corrected chi connectivity index (χ2v) is 11.8. The lowest BCUT2D eigenvalue weighted by molar-refractivity contribution is -0.151. The minimum atomic E-state index is -3.87. The summed E-state index contributed by atoms with van der Waals surface area (Å²) in [5.41, 5.74) is 1.09. The van der Waals surface area contributed by atoms with Gasteiger partial charge in [0.15, 0.2) is 5.76 Å². The van der Waals surface area contributed by atoms with Crippen molar-refractivity contribution < 1.29 is 32.5 Å². The van der Waals surface area contributed by atoms with Gasteiger partial charge in [-0.25, -0.2) is 8.42 Å². The molecule has 2 heterocycles. The summed E-state index contributed by atoms with van der Waals surface area (Å²) in [6.07, 6.45) is 1.56. The minimum Gasteiger partial charge on any atom is -0.497 e. The normalized spacial score (nSPS) is 17.8. The molecule has 0 fully saturated rings. The Bertz CT molecular complexity index is 1380. The molecule has 4 rings (SSSR count). The highest BCUT2D eigenvalue weighted by Gasteiger charge is 2.31. The van der Waals surface area contributed by atoms with E-state index in [2.05, 4.69) is 17.5 Å². The fourth-order valence-electron chi connectivity index (χ4n) is 4.28. The molecule has 2 atom stereocenters. The van der Waals surface area contributed by atoms with Crippen LogP contribution in [0.5, 0.6) is 5.75 Å². The molecule has 1 aliphatic heterocycles. The maximum absolute atomic E-state index is 13.2. The number of hydrogen-bond acceptors (Lipinski definition) is 8. The molecule has 0 unspecified atom stereocenters. The number of aliphatic hydroxyl groups is 1. The molecule has 3 aromatic rings. The molecule has 0 saturated carbocycles. The van der Waals surface area contributed by atoms with Crippen LogP contribution in [0.3, 0.4) is 0 Å². The zero-order valence-corrected chi connectivity index (χ0v) is 23.2. The molecule has 9 nitrogen and oxygen atoms in total. The lowest BCUT2D eigenvalue weighted by atomic mass is 9.92. The van der Waals surface area contributed by atoms with Crippen molar-refractivity contribution in [3.63, 3.8) is 0 Å². The molecule has 1 N–H and O–H groups in total. The number of likely N-dealkylation sites (N-methyl/N-ethyl adjacent to an activating group) is 1. The van der Waals surface area contributed by atoms with Gasteiger partial charge in [0.05, 0.1) is 25.2 Å². The van der Waals surface area contributed by atoms with E-state index in [9.17, 15) is 18.3 Å². The Labute approximate surface area is 226 Å². The van der Waals surface area contributed by atoms with Crippen LogP contribution in [0.1, 0.15) is 17.9 Å². The lowest BCUT2D eigenvalue weighted by Crippen LogP contribution is -2.38. The van der Waals surface area contributed by atoms with E-state index in [1.807, 2.05) is 18.2 Å². The van der Waals surface area contributed by atoms with Crippen molar-refractivity contribution in [2.24, 2.45) is 0 Å². The molecule has 38 heavy (non-hydrogen) atoms. The van der Waals surface area contributed by atoms with E-state index in [1.54, 1.807) is 37.6 Å². The highest BCUT2D eigenvalue weighted by atomic mass is 32.2. The summed E-state index contributed by atoms with van der Waals surface area (Å²) in [7, 11) is 0.944. The molecule has 11 heteroatoms. The Morgan fingerprint density at radius 3 is 2.55 bits per heavy atom. The van der Waals surface area contributed by atoms with E-state index >= 15 is 0 Å². The van der Waals surface area contributed by atoms with Crippen molar-refractivity contribution >= 4 is 37.4 Å². The third-order valence-electron chi connectivity index (χ3n) is 6.28. The first kappa shape index (κ1) is 28.1. The van der Waals surface area contributed by atoms with Crippen molar-refractivity contribution in [1.82, 2.24) is 9.21 Å². The SMILES string of the molecule is COc1ccc(S(=O)(=O)N(CCO)CCO[C@@H]2C[C@H](c3csc4ccccc34)C=C(C(=O)N(C)C)O2)cc1. The second kappa shape index (κ2) is 12.3. The Morgan fingerprint density at radius 1 is 1.13 bits per heavy atom. The monoisotopic (exact) mass is 560 g/mol. The predicted octanol–water partition coefficient (Wildman–Crippen LogP) is 3.41. The van der Waals surface area contributed by atoms with Crippen molar-refractivity contribution in [2.75, 3.05) is 47.5 Å². The van der Waals surface area contributed by atoms with E-state index in [0.717, 1.165) is 15.6 Å². The van der Waals surface area contributed by atoms with Crippen LogP contribution < -0.4 is 4.74 Å². The fraction of sp³-hybridized carbons (Fsp3) is 0.370. The van der Waals surface area contributed by atoms with Gasteiger partial charge in [0, 0.05) is 44.2 Å². The average molecular weight is 561 g/mol. The summed E-state index contributed by atoms with van der Waals surface area (Å²) in [6.45, 7) is -0.411. The molecule has 1 amide bonds. The zero-order chi connectivity index (χ0) is 27.3. The van der Waals surface area contributed by atoms with Crippen LogP contribution in [0.2, 0.25) is 0 Å². The quantitative estimate of drug-likeness (QED) is 0.383.